The first-order valence-electron chi connectivity index (χ1n) is 7.45. The summed E-state index contributed by atoms with van der Waals surface area (Å²) in [5.74, 6) is 0.139. The van der Waals surface area contributed by atoms with Crippen LogP contribution in [0, 0.1) is 10.1 Å². The fourth-order valence-corrected chi connectivity index (χ4v) is 2.42. The van der Waals surface area contributed by atoms with E-state index in [2.05, 4.69) is 15.0 Å². The van der Waals surface area contributed by atoms with Crippen LogP contribution in [0.2, 0.25) is 0 Å². The van der Waals surface area contributed by atoms with E-state index in [1.54, 1.807) is 16.7 Å². The molecule has 0 saturated carbocycles. The Hall–Kier alpha value is -3.60. The summed E-state index contributed by atoms with van der Waals surface area (Å²) in [6, 6.07) is 5.85. The fraction of sp³-hybridized carbons (Fsp3) is 0.200. The summed E-state index contributed by atoms with van der Waals surface area (Å²) in [4.78, 5) is 35.3. The van der Waals surface area contributed by atoms with E-state index in [-0.39, 0.29) is 24.7 Å². The van der Waals surface area contributed by atoms with Crippen LogP contribution < -0.4 is 4.90 Å². The number of nitrogens with zero attached hydrogens (tertiary/aromatic N) is 6. The number of hydrogen-bond acceptors (Lipinski definition) is 7. The van der Waals surface area contributed by atoms with Crippen LogP contribution in [0.15, 0.2) is 36.9 Å². The molecule has 11 heteroatoms. The average Bonchev–Trinajstić information content (AvgIpc) is 3.06. The van der Waals surface area contributed by atoms with Gasteiger partial charge in [0.05, 0.1) is 18.1 Å². The van der Waals surface area contributed by atoms with Crippen molar-refractivity contribution >= 4 is 28.8 Å². The van der Waals surface area contributed by atoms with Gasteiger partial charge in [-0.25, -0.2) is 19.7 Å². The topological polar surface area (TPSA) is 137 Å². The highest BCUT2D eigenvalue weighted by Gasteiger charge is 2.21. The molecule has 0 saturated heterocycles. The summed E-state index contributed by atoms with van der Waals surface area (Å²) in [7, 11) is 1.47. The molecule has 1 aromatic carbocycles. The first kappa shape index (κ1) is 17.2. The highest BCUT2D eigenvalue weighted by molar-refractivity contribution is 5.95. The van der Waals surface area contributed by atoms with Gasteiger partial charge in [-0.3, -0.25) is 19.6 Å². The third-order valence-corrected chi connectivity index (χ3v) is 3.66. The number of methoxy groups -OCH3 is 1. The van der Waals surface area contributed by atoms with E-state index >= 15 is 0 Å². The quantitative estimate of drug-likeness (QED) is 0.521. The average molecular weight is 358 g/mol. The molecule has 0 aliphatic carbocycles. The smallest absolute Gasteiger partial charge is 0.413 e. The molecule has 0 aliphatic heterocycles. The van der Waals surface area contributed by atoms with E-state index in [1.165, 1.54) is 31.9 Å². The molecule has 0 bridgehead atoms. The Bertz CT molecular complexity index is 955. The summed E-state index contributed by atoms with van der Waals surface area (Å²) < 4.78 is 6.53. The Morgan fingerprint density at radius 3 is 2.65 bits per heavy atom. The summed E-state index contributed by atoms with van der Waals surface area (Å²) in [6.45, 7) is 0.281. The minimum absolute atomic E-state index is 0.0369. The third kappa shape index (κ3) is 3.15. The Morgan fingerprint density at radius 2 is 2.04 bits per heavy atom. The first-order valence-corrected chi connectivity index (χ1v) is 7.45. The van der Waals surface area contributed by atoms with Gasteiger partial charge in [0.15, 0.2) is 17.0 Å². The zero-order valence-electron chi connectivity index (χ0n) is 13.6. The Morgan fingerprint density at radius 1 is 1.31 bits per heavy atom. The van der Waals surface area contributed by atoms with Crippen molar-refractivity contribution in [3.8, 4) is 5.69 Å². The number of non-ortho nitro benzene ring substituents is 1. The van der Waals surface area contributed by atoms with Crippen molar-refractivity contribution in [2.45, 2.75) is 0 Å². The minimum atomic E-state index is -1.19. The molecule has 0 spiro atoms. The molecule has 1 N–H and O–H groups in total. The van der Waals surface area contributed by atoms with Gasteiger partial charge in [0, 0.05) is 24.9 Å². The SMILES string of the molecule is COCCN(C(=O)O)c1ncnc2c1ncn2-c1ccc([N+](=O)[O-])cc1. The number of amides is 1. The number of ether oxygens (including phenoxy) is 1. The number of aromatic nitrogens is 4. The second-order valence-corrected chi connectivity index (χ2v) is 5.18. The number of hydrogen-bond donors (Lipinski definition) is 1. The summed E-state index contributed by atoms with van der Waals surface area (Å²) in [5.41, 5.74) is 1.24. The van der Waals surface area contributed by atoms with E-state index in [0.717, 1.165) is 4.90 Å². The molecule has 11 nitrogen and oxygen atoms in total. The number of anilines is 1. The molecule has 2 heterocycles. The lowest BCUT2D eigenvalue weighted by atomic mass is 10.3. The molecule has 3 rings (SSSR count). The third-order valence-electron chi connectivity index (χ3n) is 3.66. The summed E-state index contributed by atoms with van der Waals surface area (Å²) in [6.07, 6.45) is 1.51. The van der Waals surface area contributed by atoms with Crippen LogP contribution in [0.25, 0.3) is 16.9 Å². The summed E-state index contributed by atoms with van der Waals surface area (Å²) >= 11 is 0. The normalized spacial score (nSPS) is 10.8. The molecule has 26 heavy (non-hydrogen) atoms. The van der Waals surface area contributed by atoms with Crippen LogP contribution in [0.4, 0.5) is 16.3 Å². The molecule has 0 unspecified atom stereocenters. The number of carbonyl (C=O) groups is 1. The van der Waals surface area contributed by atoms with Gasteiger partial charge in [0.1, 0.15) is 12.7 Å². The lowest BCUT2D eigenvalue weighted by molar-refractivity contribution is -0.384. The van der Waals surface area contributed by atoms with Gasteiger partial charge in [-0.1, -0.05) is 0 Å². The van der Waals surface area contributed by atoms with Gasteiger partial charge in [-0.2, -0.15) is 0 Å². The van der Waals surface area contributed by atoms with Gasteiger partial charge in [0.2, 0.25) is 0 Å². The van der Waals surface area contributed by atoms with E-state index in [0.29, 0.717) is 16.9 Å². The number of rotatable bonds is 6. The Balaban J connectivity index is 2.05. The first-order chi connectivity index (χ1) is 12.5. The van der Waals surface area contributed by atoms with Crippen molar-refractivity contribution in [3.05, 3.63) is 47.0 Å². The van der Waals surface area contributed by atoms with Crippen molar-refractivity contribution in [1.82, 2.24) is 19.5 Å². The second kappa shape index (κ2) is 7.11. The maximum atomic E-state index is 11.5. The molecular weight excluding hydrogens is 344 g/mol. The predicted octanol–water partition coefficient (Wildman–Crippen LogP) is 1.85. The zero-order chi connectivity index (χ0) is 18.7. The van der Waals surface area contributed by atoms with Crippen molar-refractivity contribution < 1.29 is 19.6 Å². The molecule has 1 amide bonds. The van der Waals surface area contributed by atoms with E-state index in [1.807, 2.05) is 0 Å². The number of benzene rings is 1. The van der Waals surface area contributed by atoms with Gasteiger partial charge in [-0.15, -0.1) is 0 Å². The van der Waals surface area contributed by atoms with Crippen LogP contribution in [-0.2, 0) is 4.74 Å². The number of nitro groups is 1. The maximum Gasteiger partial charge on any atom is 0.413 e. The van der Waals surface area contributed by atoms with Crippen LogP contribution in [0.1, 0.15) is 0 Å². The molecule has 3 aromatic rings. The molecule has 134 valence electrons. The van der Waals surface area contributed by atoms with E-state index in [9.17, 15) is 20.0 Å². The molecule has 0 fully saturated rings. The van der Waals surface area contributed by atoms with Crippen LogP contribution >= 0.6 is 0 Å². The van der Waals surface area contributed by atoms with E-state index < -0.39 is 11.0 Å². The second-order valence-electron chi connectivity index (χ2n) is 5.18. The standard InChI is InChI=1S/C15H14N6O5/c1-26-7-6-19(15(22)23)13-12-14(17-8-16-13)20(9-18-12)10-2-4-11(5-3-10)21(24)25/h2-5,8-9H,6-7H2,1H3,(H,22,23). The monoisotopic (exact) mass is 358 g/mol. The Labute approximate surface area is 146 Å². The lowest BCUT2D eigenvalue weighted by Gasteiger charge is -2.17. The van der Waals surface area contributed by atoms with Crippen molar-refractivity contribution in [3.63, 3.8) is 0 Å². The number of carboxylic acid groups (broad SMARTS) is 1. The van der Waals surface area contributed by atoms with Crippen LogP contribution in [0.3, 0.4) is 0 Å². The van der Waals surface area contributed by atoms with Gasteiger partial charge < -0.3 is 9.84 Å². The van der Waals surface area contributed by atoms with Crippen LogP contribution in [-0.4, -0.2) is 55.9 Å². The number of imidazole rings is 1. The fourth-order valence-electron chi connectivity index (χ4n) is 2.42. The molecule has 0 atom stereocenters. The van der Waals surface area contributed by atoms with E-state index in [4.69, 9.17) is 4.74 Å². The predicted molar refractivity (Wildman–Crippen MR) is 90.6 cm³/mol. The van der Waals surface area contributed by atoms with Gasteiger partial charge >= 0.3 is 6.09 Å². The Kier molecular flexibility index (Phi) is 4.71. The molecular formula is C15H14N6O5. The maximum absolute atomic E-state index is 11.5. The largest absolute Gasteiger partial charge is 0.465 e. The summed E-state index contributed by atoms with van der Waals surface area (Å²) in [5, 5.41) is 20.2. The molecule has 0 radical (unpaired) electrons. The van der Waals surface area contributed by atoms with Gasteiger partial charge in [-0.05, 0) is 12.1 Å². The van der Waals surface area contributed by atoms with Crippen LogP contribution in [0.5, 0.6) is 0 Å². The van der Waals surface area contributed by atoms with Crippen molar-refractivity contribution in [2.24, 2.45) is 0 Å². The molecule has 0 aliphatic rings. The highest BCUT2D eigenvalue weighted by atomic mass is 16.6. The minimum Gasteiger partial charge on any atom is -0.465 e. The van der Waals surface area contributed by atoms with Gasteiger partial charge in [0.25, 0.3) is 5.69 Å². The lowest BCUT2D eigenvalue weighted by Crippen LogP contribution is -2.33. The number of nitro benzene ring substituents is 1. The number of fused-ring (bicyclic) bond motifs is 1. The zero-order valence-corrected chi connectivity index (χ0v) is 13.6. The van der Waals surface area contributed by atoms with Crippen molar-refractivity contribution in [2.75, 3.05) is 25.2 Å². The molecule has 2 aromatic heterocycles. The highest BCUT2D eigenvalue weighted by Crippen LogP contribution is 2.24. The van der Waals surface area contributed by atoms with Crippen molar-refractivity contribution in [1.29, 1.82) is 0 Å².